The number of methoxy groups -OCH3 is 1. The zero-order valence-corrected chi connectivity index (χ0v) is 16.7. The molecule has 0 saturated carbocycles. The first-order valence-electron chi connectivity index (χ1n) is 8.73. The van der Waals surface area contributed by atoms with Crippen molar-refractivity contribution in [1.29, 1.82) is 0 Å². The molecule has 0 heterocycles. The van der Waals surface area contributed by atoms with Gasteiger partial charge < -0.3 is 24.8 Å². The van der Waals surface area contributed by atoms with Crippen molar-refractivity contribution in [1.82, 2.24) is 5.32 Å². The van der Waals surface area contributed by atoms with Crippen LogP contribution in [0.4, 0.5) is 5.69 Å². The molecular formula is C20H21ClN2O6. The Morgan fingerprint density at radius 2 is 1.83 bits per heavy atom. The maximum atomic E-state index is 12.2. The molecule has 0 saturated heterocycles. The van der Waals surface area contributed by atoms with Gasteiger partial charge in [-0.2, -0.15) is 0 Å². The average Bonchev–Trinajstić information content (AvgIpc) is 2.71. The number of nitrogens with one attached hydrogen (secondary N) is 2. The first-order chi connectivity index (χ1) is 13.9. The first kappa shape index (κ1) is 22.0. The van der Waals surface area contributed by atoms with Crippen molar-refractivity contribution >= 4 is 35.1 Å². The summed E-state index contributed by atoms with van der Waals surface area (Å²) in [5.74, 6) is -1.00. The van der Waals surface area contributed by atoms with Gasteiger partial charge in [0.1, 0.15) is 18.0 Å². The van der Waals surface area contributed by atoms with E-state index in [0.29, 0.717) is 34.4 Å². The lowest BCUT2D eigenvalue weighted by molar-refractivity contribution is -0.146. The molecule has 8 nitrogen and oxygen atoms in total. The predicted octanol–water partition coefficient (Wildman–Crippen LogP) is 2.66. The normalized spacial score (nSPS) is 10.0. The van der Waals surface area contributed by atoms with Gasteiger partial charge in [-0.1, -0.05) is 23.7 Å². The summed E-state index contributed by atoms with van der Waals surface area (Å²) < 4.78 is 15.4. The molecule has 2 aromatic rings. The van der Waals surface area contributed by atoms with Crippen LogP contribution in [-0.4, -0.2) is 44.7 Å². The van der Waals surface area contributed by atoms with Gasteiger partial charge in [-0.3, -0.25) is 14.4 Å². The lowest BCUT2D eigenvalue weighted by atomic mass is 10.2. The number of carbonyl (C=O) groups is 3. The standard InChI is InChI=1S/C20H21ClN2O6/c1-3-28-16-7-5-4-6-14(16)20(26)22-11-19(25)29-12-18(24)23-15-10-13(21)8-9-17(15)27-2/h4-10H,3,11-12H2,1-2H3,(H,22,26)(H,23,24). The van der Waals surface area contributed by atoms with Gasteiger partial charge in [0, 0.05) is 5.02 Å². The lowest BCUT2D eigenvalue weighted by Gasteiger charge is -2.11. The van der Waals surface area contributed by atoms with Crippen molar-refractivity contribution in [2.45, 2.75) is 6.92 Å². The van der Waals surface area contributed by atoms with Crippen LogP contribution in [0.1, 0.15) is 17.3 Å². The monoisotopic (exact) mass is 420 g/mol. The quantitative estimate of drug-likeness (QED) is 0.604. The number of esters is 1. The summed E-state index contributed by atoms with van der Waals surface area (Å²) >= 11 is 5.90. The Balaban J connectivity index is 1.82. The summed E-state index contributed by atoms with van der Waals surface area (Å²) in [4.78, 5) is 36.0. The minimum absolute atomic E-state index is 0.299. The zero-order valence-electron chi connectivity index (χ0n) is 16.0. The van der Waals surface area contributed by atoms with Crippen molar-refractivity contribution in [3.8, 4) is 11.5 Å². The third-order valence-electron chi connectivity index (χ3n) is 3.62. The number of carbonyl (C=O) groups excluding carboxylic acids is 3. The summed E-state index contributed by atoms with van der Waals surface area (Å²) in [6.07, 6.45) is 0. The number of halogens is 1. The van der Waals surface area contributed by atoms with Gasteiger partial charge in [-0.05, 0) is 37.3 Å². The molecule has 0 fully saturated rings. The molecule has 2 amide bonds. The first-order valence-corrected chi connectivity index (χ1v) is 9.11. The second-order valence-corrected chi connectivity index (χ2v) is 6.10. The summed E-state index contributed by atoms with van der Waals surface area (Å²) in [5, 5.41) is 5.38. The van der Waals surface area contributed by atoms with Crippen LogP contribution in [0.15, 0.2) is 42.5 Å². The molecule has 2 N–H and O–H groups in total. The highest BCUT2D eigenvalue weighted by Gasteiger charge is 2.15. The molecule has 0 unspecified atom stereocenters. The third kappa shape index (κ3) is 6.69. The summed E-state index contributed by atoms with van der Waals surface area (Å²) in [7, 11) is 1.45. The SMILES string of the molecule is CCOc1ccccc1C(=O)NCC(=O)OCC(=O)Nc1cc(Cl)ccc1OC. The Hall–Kier alpha value is -3.26. The second-order valence-electron chi connectivity index (χ2n) is 5.67. The maximum absolute atomic E-state index is 12.2. The van der Waals surface area contributed by atoms with Crippen LogP contribution >= 0.6 is 11.6 Å². The minimum Gasteiger partial charge on any atom is -0.495 e. The van der Waals surface area contributed by atoms with Crippen LogP contribution in [0.2, 0.25) is 5.02 Å². The number of rotatable bonds is 9. The summed E-state index contributed by atoms with van der Waals surface area (Å²) in [6, 6.07) is 11.4. The van der Waals surface area contributed by atoms with Gasteiger partial charge in [-0.25, -0.2) is 0 Å². The highest BCUT2D eigenvalue weighted by atomic mass is 35.5. The van der Waals surface area contributed by atoms with Gasteiger partial charge in [0.25, 0.3) is 11.8 Å². The van der Waals surface area contributed by atoms with Crippen molar-refractivity contribution in [2.75, 3.05) is 32.2 Å². The van der Waals surface area contributed by atoms with Crippen LogP contribution in [0.3, 0.4) is 0 Å². The molecule has 0 radical (unpaired) electrons. The van der Waals surface area contributed by atoms with Gasteiger partial charge >= 0.3 is 5.97 Å². The Bertz CT molecular complexity index is 887. The molecule has 0 spiro atoms. The van der Waals surface area contributed by atoms with E-state index in [0.717, 1.165) is 0 Å². The van der Waals surface area contributed by atoms with Crippen molar-refractivity contribution in [2.24, 2.45) is 0 Å². The fraction of sp³-hybridized carbons (Fsp3) is 0.250. The Morgan fingerprint density at radius 3 is 2.55 bits per heavy atom. The number of para-hydroxylation sites is 1. The molecule has 9 heteroatoms. The summed E-state index contributed by atoms with van der Waals surface area (Å²) in [5.41, 5.74) is 0.648. The number of anilines is 1. The zero-order chi connectivity index (χ0) is 21.2. The second kappa shape index (κ2) is 10.9. The van der Waals surface area contributed by atoms with E-state index >= 15 is 0 Å². The predicted molar refractivity (Wildman–Crippen MR) is 108 cm³/mol. The summed E-state index contributed by atoms with van der Waals surface area (Å²) in [6.45, 7) is 1.28. The van der Waals surface area contributed by atoms with E-state index in [-0.39, 0.29) is 0 Å². The van der Waals surface area contributed by atoms with Crippen LogP contribution in [-0.2, 0) is 14.3 Å². The Kier molecular flexibility index (Phi) is 8.29. The molecule has 0 bridgehead atoms. The fourth-order valence-electron chi connectivity index (χ4n) is 2.34. The van der Waals surface area contributed by atoms with E-state index < -0.39 is 30.9 Å². The van der Waals surface area contributed by atoms with Crippen molar-refractivity contribution in [3.05, 3.63) is 53.1 Å². The molecule has 0 atom stereocenters. The number of hydrogen-bond donors (Lipinski definition) is 2. The fourth-order valence-corrected chi connectivity index (χ4v) is 2.52. The molecule has 154 valence electrons. The van der Waals surface area contributed by atoms with Crippen LogP contribution in [0.25, 0.3) is 0 Å². The van der Waals surface area contributed by atoms with E-state index in [1.165, 1.54) is 13.2 Å². The van der Waals surface area contributed by atoms with Crippen molar-refractivity contribution in [3.63, 3.8) is 0 Å². The topological polar surface area (TPSA) is 103 Å². The van der Waals surface area contributed by atoms with Gasteiger partial charge in [0.2, 0.25) is 0 Å². The van der Waals surface area contributed by atoms with Gasteiger partial charge in [0.05, 0.1) is 25.0 Å². The molecule has 0 aliphatic heterocycles. The van der Waals surface area contributed by atoms with Gasteiger partial charge in [0.15, 0.2) is 6.61 Å². The van der Waals surface area contributed by atoms with E-state index in [4.69, 9.17) is 25.8 Å². The highest BCUT2D eigenvalue weighted by Crippen LogP contribution is 2.27. The van der Waals surface area contributed by atoms with E-state index in [2.05, 4.69) is 10.6 Å². The van der Waals surface area contributed by atoms with E-state index in [1.807, 2.05) is 0 Å². The number of ether oxygens (including phenoxy) is 3. The van der Waals surface area contributed by atoms with Crippen molar-refractivity contribution < 1.29 is 28.6 Å². The van der Waals surface area contributed by atoms with Crippen LogP contribution in [0, 0.1) is 0 Å². The molecule has 0 aliphatic carbocycles. The maximum Gasteiger partial charge on any atom is 0.325 e. The molecule has 0 aromatic heterocycles. The minimum atomic E-state index is -0.763. The van der Waals surface area contributed by atoms with Crippen LogP contribution in [0.5, 0.6) is 11.5 Å². The molecule has 0 aliphatic rings. The largest absolute Gasteiger partial charge is 0.495 e. The average molecular weight is 421 g/mol. The molecule has 2 aromatic carbocycles. The number of amides is 2. The van der Waals surface area contributed by atoms with Gasteiger partial charge in [-0.15, -0.1) is 0 Å². The molecule has 2 rings (SSSR count). The Labute approximate surface area is 173 Å². The van der Waals surface area contributed by atoms with E-state index in [1.54, 1.807) is 43.3 Å². The van der Waals surface area contributed by atoms with E-state index in [9.17, 15) is 14.4 Å². The van der Waals surface area contributed by atoms with Crippen LogP contribution < -0.4 is 20.1 Å². The number of benzene rings is 2. The third-order valence-corrected chi connectivity index (χ3v) is 3.86. The molecular weight excluding hydrogens is 400 g/mol. The smallest absolute Gasteiger partial charge is 0.325 e. The molecule has 29 heavy (non-hydrogen) atoms. The number of hydrogen-bond acceptors (Lipinski definition) is 6. The highest BCUT2D eigenvalue weighted by molar-refractivity contribution is 6.31. The lowest BCUT2D eigenvalue weighted by Crippen LogP contribution is -2.32. The Morgan fingerprint density at radius 1 is 1.07 bits per heavy atom.